The Morgan fingerprint density at radius 2 is 2.46 bits per heavy atom. The van der Waals surface area contributed by atoms with E-state index in [2.05, 4.69) is 9.97 Å². The highest BCUT2D eigenvalue weighted by atomic mass is 35.5. The molecule has 0 amide bonds. The third-order valence-corrected chi connectivity index (χ3v) is 4.05. The van der Waals surface area contributed by atoms with Crippen molar-refractivity contribution in [3.05, 3.63) is 23.0 Å². The predicted molar refractivity (Wildman–Crippen MR) is 54.3 cm³/mol. The largest absolute Gasteiger partial charge is 0.244 e. The molecular weight excluding hydrogens is 204 g/mol. The van der Waals surface area contributed by atoms with Crippen LogP contribution in [0.25, 0.3) is 10.2 Å². The number of alkyl halides is 1. The Balaban J connectivity index is 2.40. The van der Waals surface area contributed by atoms with E-state index in [0.29, 0.717) is 0 Å². The van der Waals surface area contributed by atoms with Crippen LogP contribution < -0.4 is 0 Å². The van der Waals surface area contributed by atoms with Crippen molar-refractivity contribution in [1.29, 1.82) is 0 Å². The highest BCUT2D eigenvalue weighted by Gasteiger charge is 2.25. The zero-order chi connectivity index (χ0) is 8.84. The fourth-order valence-corrected chi connectivity index (χ4v) is 3.45. The molecule has 1 unspecified atom stereocenters. The molecule has 13 heavy (non-hydrogen) atoms. The molecule has 4 heteroatoms. The van der Waals surface area contributed by atoms with Gasteiger partial charge in [0.15, 0.2) is 0 Å². The Kier molecular flexibility index (Phi) is 1.58. The van der Waals surface area contributed by atoms with Crippen LogP contribution in [0, 0.1) is 0 Å². The van der Waals surface area contributed by atoms with Gasteiger partial charge in [-0.05, 0) is 18.4 Å². The van der Waals surface area contributed by atoms with Crippen LogP contribution in [0.4, 0.5) is 0 Å². The van der Waals surface area contributed by atoms with Crippen LogP contribution in [-0.2, 0) is 6.42 Å². The molecule has 0 saturated heterocycles. The van der Waals surface area contributed by atoms with Crippen molar-refractivity contribution in [2.75, 3.05) is 0 Å². The van der Waals surface area contributed by atoms with Crippen molar-refractivity contribution in [2.45, 2.75) is 18.2 Å². The van der Waals surface area contributed by atoms with E-state index in [1.807, 2.05) is 6.20 Å². The molecule has 66 valence electrons. The number of thiophene rings is 1. The second-order valence-corrected chi connectivity index (χ2v) is 4.80. The third-order valence-electron chi connectivity index (χ3n) is 2.42. The minimum absolute atomic E-state index is 0.176. The lowest BCUT2D eigenvalue weighted by atomic mass is 10.2. The summed E-state index contributed by atoms with van der Waals surface area (Å²) < 4.78 is 0. The fraction of sp³-hybridized carbons (Fsp3) is 0.333. The number of aryl methyl sites for hydroxylation is 1. The second-order valence-electron chi connectivity index (χ2n) is 3.19. The molecule has 0 fully saturated rings. The maximum absolute atomic E-state index is 6.21. The van der Waals surface area contributed by atoms with Crippen LogP contribution in [0.15, 0.2) is 12.5 Å². The van der Waals surface area contributed by atoms with Gasteiger partial charge in [-0.15, -0.1) is 22.9 Å². The Labute approximate surface area is 84.6 Å². The SMILES string of the molecule is ClC1CCc2sc3ncncc3c21. The van der Waals surface area contributed by atoms with Gasteiger partial charge in [0.25, 0.3) is 0 Å². The van der Waals surface area contributed by atoms with Gasteiger partial charge in [-0.1, -0.05) is 0 Å². The summed E-state index contributed by atoms with van der Waals surface area (Å²) in [6, 6.07) is 0. The van der Waals surface area contributed by atoms with E-state index < -0.39 is 0 Å². The van der Waals surface area contributed by atoms with Gasteiger partial charge in [-0.2, -0.15) is 0 Å². The summed E-state index contributed by atoms with van der Waals surface area (Å²) in [4.78, 5) is 10.7. The van der Waals surface area contributed by atoms with Gasteiger partial charge in [0, 0.05) is 16.5 Å². The predicted octanol–water partition coefficient (Wildman–Crippen LogP) is 2.92. The van der Waals surface area contributed by atoms with E-state index in [1.54, 1.807) is 17.7 Å². The van der Waals surface area contributed by atoms with E-state index >= 15 is 0 Å². The summed E-state index contributed by atoms with van der Waals surface area (Å²) in [5, 5.41) is 1.33. The smallest absolute Gasteiger partial charge is 0.127 e. The van der Waals surface area contributed by atoms with Crippen molar-refractivity contribution in [2.24, 2.45) is 0 Å². The molecule has 1 atom stereocenters. The lowest BCUT2D eigenvalue weighted by molar-refractivity contribution is 0.886. The number of hydrogen-bond acceptors (Lipinski definition) is 3. The monoisotopic (exact) mass is 210 g/mol. The molecule has 1 aliphatic rings. The maximum Gasteiger partial charge on any atom is 0.127 e. The third kappa shape index (κ3) is 1.00. The summed E-state index contributed by atoms with van der Waals surface area (Å²) >= 11 is 7.97. The van der Waals surface area contributed by atoms with E-state index in [0.717, 1.165) is 23.1 Å². The van der Waals surface area contributed by atoms with Gasteiger partial charge < -0.3 is 0 Å². The average molecular weight is 211 g/mol. The van der Waals surface area contributed by atoms with Crippen molar-refractivity contribution in [1.82, 2.24) is 9.97 Å². The van der Waals surface area contributed by atoms with Gasteiger partial charge in [0.05, 0.1) is 5.38 Å². The molecule has 1 aliphatic carbocycles. The minimum Gasteiger partial charge on any atom is -0.244 e. The number of rotatable bonds is 0. The molecule has 0 radical (unpaired) electrons. The van der Waals surface area contributed by atoms with Crippen molar-refractivity contribution < 1.29 is 0 Å². The molecular formula is C9H7ClN2S. The normalized spacial score (nSPS) is 20.8. The summed E-state index contributed by atoms with van der Waals surface area (Å²) in [7, 11) is 0. The van der Waals surface area contributed by atoms with E-state index in [-0.39, 0.29) is 5.38 Å². The van der Waals surface area contributed by atoms with Crippen LogP contribution in [0.3, 0.4) is 0 Å². The number of fused-ring (bicyclic) bond motifs is 3. The molecule has 3 rings (SSSR count). The van der Waals surface area contributed by atoms with Crippen molar-refractivity contribution in [3.8, 4) is 0 Å². The molecule has 0 aromatic carbocycles. The van der Waals surface area contributed by atoms with Gasteiger partial charge in [-0.3, -0.25) is 0 Å². The average Bonchev–Trinajstić information content (AvgIpc) is 2.66. The quantitative estimate of drug-likeness (QED) is 0.625. The molecule has 2 nitrogen and oxygen atoms in total. The Morgan fingerprint density at radius 3 is 3.38 bits per heavy atom. The molecule has 0 aliphatic heterocycles. The Hall–Kier alpha value is -0.670. The molecule has 0 N–H and O–H groups in total. The molecule has 2 aromatic heterocycles. The molecule has 2 heterocycles. The van der Waals surface area contributed by atoms with Gasteiger partial charge in [0.1, 0.15) is 11.2 Å². The fourth-order valence-electron chi connectivity index (χ4n) is 1.84. The summed E-state index contributed by atoms with van der Waals surface area (Å²) in [5.74, 6) is 0. The van der Waals surface area contributed by atoms with Crippen molar-refractivity contribution >= 4 is 33.2 Å². The van der Waals surface area contributed by atoms with Crippen LogP contribution in [0.2, 0.25) is 0 Å². The first-order valence-electron chi connectivity index (χ1n) is 4.21. The highest BCUT2D eigenvalue weighted by molar-refractivity contribution is 7.18. The van der Waals surface area contributed by atoms with E-state index in [1.165, 1.54) is 10.4 Å². The minimum atomic E-state index is 0.176. The first kappa shape index (κ1) is 7.71. The first-order chi connectivity index (χ1) is 6.36. The topological polar surface area (TPSA) is 25.8 Å². The van der Waals surface area contributed by atoms with Gasteiger partial charge in [-0.25, -0.2) is 9.97 Å². The maximum atomic E-state index is 6.21. The number of halogens is 1. The zero-order valence-electron chi connectivity index (χ0n) is 6.83. The lowest BCUT2D eigenvalue weighted by Gasteiger charge is -1.98. The summed E-state index contributed by atoms with van der Waals surface area (Å²) in [5.41, 5.74) is 1.28. The number of aromatic nitrogens is 2. The number of nitrogens with zero attached hydrogens (tertiary/aromatic N) is 2. The number of hydrogen-bond donors (Lipinski definition) is 0. The zero-order valence-corrected chi connectivity index (χ0v) is 8.40. The van der Waals surface area contributed by atoms with Crippen LogP contribution >= 0.6 is 22.9 Å². The van der Waals surface area contributed by atoms with E-state index in [9.17, 15) is 0 Å². The Morgan fingerprint density at radius 1 is 1.54 bits per heavy atom. The molecule has 0 saturated carbocycles. The standard InChI is InChI=1S/C9H7ClN2S/c10-6-1-2-7-8(6)5-3-11-4-12-9(5)13-7/h3-4,6H,1-2H2. The first-order valence-corrected chi connectivity index (χ1v) is 5.47. The summed E-state index contributed by atoms with van der Waals surface area (Å²) in [6.07, 6.45) is 5.63. The second kappa shape index (κ2) is 2.66. The Bertz CT molecular complexity index is 466. The molecule has 0 spiro atoms. The van der Waals surface area contributed by atoms with E-state index in [4.69, 9.17) is 11.6 Å². The highest BCUT2D eigenvalue weighted by Crippen LogP contribution is 2.44. The molecule has 0 bridgehead atoms. The molecule has 2 aromatic rings. The lowest BCUT2D eigenvalue weighted by Crippen LogP contribution is -1.82. The van der Waals surface area contributed by atoms with Crippen LogP contribution in [0.1, 0.15) is 22.2 Å². The van der Waals surface area contributed by atoms with Gasteiger partial charge >= 0.3 is 0 Å². The van der Waals surface area contributed by atoms with Crippen LogP contribution in [-0.4, -0.2) is 9.97 Å². The van der Waals surface area contributed by atoms with Gasteiger partial charge in [0.2, 0.25) is 0 Å². The van der Waals surface area contributed by atoms with Crippen molar-refractivity contribution in [3.63, 3.8) is 0 Å². The van der Waals surface area contributed by atoms with Crippen LogP contribution in [0.5, 0.6) is 0 Å². The summed E-state index contributed by atoms with van der Waals surface area (Å²) in [6.45, 7) is 0.